The van der Waals surface area contributed by atoms with Crippen molar-refractivity contribution in [1.82, 2.24) is 23.8 Å². The molecular weight excluding hydrogens is 406 g/mol. The van der Waals surface area contributed by atoms with Crippen molar-refractivity contribution in [3.05, 3.63) is 44.6 Å². The first kappa shape index (κ1) is 18.7. The van der Waals surface area contributed by atoms with Crippen LogP contribution in [0.1, 0.15) is 17.6 Å². The highest BCUT2D eigenvalue weighted by molar-refractivity contribution is 7.91. The molecule has 0 radical (unpaired) electrons. The van der Waals surface area contributed by atoms with Crippen molar-refractivity contribution in [1.29, 1.82) is 0 Å². The summed E-state index contributed by atoms with van der Waals surface area (Å²) in [6, 6.07) is 4.90. The first-order chi connectivity index (χ1) is 13.0. The summed E-state index contributed by atoms with van der Waals surface area (Å²) in [5.41, 5.74) is 0.519. The monoisotopic (exact) mass is 425 g/mol. The summed E-state index contributed by atoms with van der Waals surface area (Å²) in [5.74, 6) is 0. The SMILES string of the molecule is CCc1nn2c(=O)cc(CN3CCN(S(=O)(=O)c4cccs4)CC3)nc2s1. The average Bonchev–Trinajstić information content (AvgIpc) is 3.32. The summed E-state index contributed by atoms with van der Waals surface area (Å²) in [4.78, 5) is 19.5. The normalized spacial score (nSPS) is 16.9. The second kappa shape index (κ2) is 7.40. The molecule has 8 nitrogen and oxygen atoms in total. The number of piperazine rings is 1. The van der Waals surface area contributed by atoms with Gasteiger partial charge in [-0.25, -0.2) is 13.4 Å². The molecule has 0 saturated carbocycles. The van der Waals surface area contributed by atoms with Crippen molar-refractivity contribution in [3.8, 4) is 0 Å². The minimum Gasteiger partial charge on any atom is -0.295 e. The van der Waals surface area contributed by atoms with E-state index in [-0.39, 0.29) is 5.56 Å². The van der Waals surface area contributed by atoms with Gasteiger partial charge in [-0.05, 0) is 17.9 Å². The fourth-order valence-corrected chi connectivity index (χ4v) is 6.44. The zero-order valence-corrected chi connectivity index (χ0v) is 17.2. The lowest BCUT2D eigenvalue weighted by molar-refractivity contribution is 0.180. The van der Waals surface area contributed by atoms with Crippen LogP contribution in [0.2, 0.25) is 0 Å². The summed E-state index contributed by atoms with van der Waals surface area (Å²) in [6.45, 7) is 4.60. The maximum Gasteiger partial charge on any atom is 0.275 e. The molecule has 0 unspecified atom stereocenters. The van der Waals surface area contributed by atoms with Crippen molar-refractivity contribution < 1.29 is 8.42 Å². The van der Waals surface area contributed by atoms with E-state index in [0.29, 0.717) is 47.6 Å². The Bertz CT molecular complexity index is 1100. The highest BCUT2D eigenvalue weighted by Crippen LogP contribution is 2.22. The Kier molecular flexibility index (Phi) is 5.12. The van der Waals surface area contributed by atoms with Gasteiger partial charge in [0, 0.05) is 38.8 Å². The van der Waals surface area contributed by atoms with Gasteiger partial charge < -0.3 is 0 Å². The summed E-state index contributed by atoms with van der Waals surface area (Å²) >= 11 is 2.66. The van der Waals surface area contributed by atoms with Crippen LogP contribution in [0.4, 0.5) is 0 Å². The Morgan fingerprint density at radius 1 is 1.22 bits per heavy atom. The van der Waals surface area contributed by atoms with Crippen molar-refractivity contribution in [3.63, 3.8) is 0 Å². The molecule has 0 bridgehead atoms. The molecule has 0 atom stereocenters. The fraction of sp³-hybridized carbons (Fsp3) is 0.438. The maximum absolute atomic E-state index is 12.6. The number of fused-ring (bicyclic) bond motifs is 1. The third-order valence-corrected chi connectivity index (χ3v) is 8.77. The Morgan fingerprint density at radius 2 is 2.00 bits per heavy atom. The molecule has 1 aliphatic rings. The first-order valence-corrected chi connectivity index (χ1v) is 11.8. The molecular formula is C16H19N5O3S3. The molecule has 144 valence electrons. The molecule has 27 heavy (non-hydrogen) atoms. The number of hydrogen-bond donors (Lipinski definition) is 0. The Labute approximate surface area is 164 Å². The molecule has 0 N–H and O–H groups in total. The molecule has 0 amide bonds. The number of thiophene rings is 1. The van der Waals surface area contributed by atoms with Gasteiger partial charge in [0.25, 0.3) is 15.6 Å². The van der Waals surface area contributed by atoms with Crippen LogP contribution in [0, 0.1) is 0 Å². The Balaban J connectivity index is 1.45. The molecule has 0 spiro atoms. The predicted octanol–water partition coefficient (Wildman–Crippen LogP) is 1.28. The van der Waals surface area contributed by atoms with Crippen LogP contribution in [0.15, 0.2) is 32.6 Å². The molecule has 3 aromatic heterocycles. The van der Waals surface area contributed by atoms with E-state index in [4.69, 9.17) is 0 Å². The van der Waals surface area contributed by atoms with Crippen molar-refractivity contribution >= 4 is 37.7 Å². The lowest BCUT2D eigenvalue weighted by Gasteiger charge is -2.33. The van der Waals surface area contributed by atoms with Gasteiger partial charge in [0.15, 0.2) is 0 Å². The van der Waals surface area contributed by atoms with E-state index in [9.17, 15) is 13.2 Å². The molecule has 1 aliphatic heterocycles. The number of aryl methyl sites for hydroxylation is 1. The van der Waals surface area contributed by atoms with E-state index >= 15 is 0 Å². The predicted molar refractivity (Wildman–Crippen MR) is 105 cm³/mol. The van der Waals surface area contributed by atoms with Crippen LogP contribution in [-0.2, 0) is 23.0 Å². The van der Waals surface area contributed by atoms with Crippen molar-refractivity contribution in [2.75, 3.05) is 26.2 Å². The first-order valence-electron chi connectivity index (χ1n) is 8.62. The van der Waals surface area contributed by atoms with E-state index in [1.54, 1.807) is 17.5 Å². The van der Waals surface area contributed by atoms with Crippen LogP contribution in [0.25, 0.3) is 4.96 Å². The third kappa shape index (κ3) is 3.69. The van der Waals surface area contributed by atoms with Gasteiger partial charge in [-0.1, -0.05) is 24.3 Å². The van der Waals surface area contributed by atoms with Gasteiger partial charge in [-0.2, -0.15) is 13.9 Å². The second-order valence-electron chi connectivity index (χ2n) is 6.24. The average molecular weight is 426 g/mol. The topological polar surface area (TPSA) is 87.9 Å². The number of aromatic nitrogens is 3. The summed E-state index contributed by atoms with van der Waals surface area (Å²) in [5, 5.41) is 6.90. The fourth-order valence-electron chi connectivity index (χ4n) is 3.01. The van der Waals surface area contributed by atoms with Crippen LogP contribution in [0.3, 0.4) is 0 Å². The molecule has 0 aromatic carbocycles. The summed E-state index contributed by atoms with van der Waals surface area (Å²) in [6.07, 6.45) is 0.767. The van der Waals surface area contributed by atoms with E-state index in [0.717, 1.165) is 11.4 Å². The van der Waals surface area contributed by atoms with Crippen molar-refractivity contribution in [2.24, 2.45) is 0 Å². The van der Waals surface area contributed by atoms with Crippen molar-refractivity contribution in [2.45, 2.75) is 24.1 Å². The number of rotatable bonds is 5. The smallest absolute Gasteiger partial charge is 0.275 e. The van der Waals surface area contributed by atoms with Gasteiger partial charge >= 0.3 is 0 Å². The summed E-state index contributed by atoms with van der Waals surface area (Å²) < 4.78 is 28.4. The van der Waals surface area contributed by atoms with Gasteiger partial charge in [-0.15, -0.1) is 11.3 Å². The minimum absolute atomic E-state index is 0.176. The Morgan fingerprint density at radius 3 is 2.67 bits per heavy atom. The van der Waals surface area contributed by atoms with Crippen LogP contribution in [0.5, 0.6) is 0 Å². The summed E-state index contributed by atoms with van der Waals surface area (Å²) in [7, 11) is -3.40. The lowest BCUT2D eigenvalue weighted by atomic mass is 10.3. The molecule has 1 fully saturated rings. The largest absolute Gasteiger partial charge is 0.295 e. The van der Waals surface area contributed by atoms with E-state index in [1.807, 2.05) is 6.92 Å². The van der Waals surface area contributed by atoms with Crippen LogP contribution >= 0.6 is 22.7 Å². The van der Waals surface area contributed by atoms with Crippen LogP contribution in [-0.4, -0.2) is 58.4 Å². The second-order valence-corrected chi connectivity index (χ2v) is 10.4. The highest BCUT2D eigenvalue weighted by Gasteiger charge is 2.29. The number of hydrogen-bond acceptors (Lipinski definition) is 8. The van der Waals surface area contributed by atoms with E-state index in [2.05, 4.69) is 15.0 Å². The number of sulfonamides is 1. The van der Waals surface area contributed by atoms with Crippen LogP contribution < -0.4 is 5.56 Å². The van der Waals surface area contributed by atoms with E-state index < -0.39 is 10.0 Å². The zero-order valence-electron chi connectivity index (χ0n) is 14.7. The molecule has 11 heteroatoms. The zero-order chi connectivity index (χ0) is 19.0. The van der Waals surface area contributed by atoms with E-state index in [1.165, 1.54) is 37.6 Å². The third-order valence-electron chi connectivity index (χ3n) is 4.45. The standard InChI is InChI=1S/C16H19N5O3S3/c1-2-13-18-21-14(22)10-12(17-16(21)26-13)11-19-5-7-20(8-6-19)27(23,24)15-4-3-9-25-15/h3-4,9-10H,2,5-8,11H2,1H3. The molecule has 4 rings (SSSR count). The van der Waals surface area contributed by atoms with Gasteiger partial charge in [-0.3, -0.25) is 9.69 Å². The quantitative estimate of drug-likeness (QED) is 0.612. The van der Waals surface area contributed by atoms with Gasteiger partial charge in [0.1, 0.15) is 9.22 Å². The highest BCUT2D eigenvalue weighted by atomic mass is 32.2. The lowest BCUT2D eigenvalue weighted by Crippen LogP contribution is -2.48. The van der Waals surface area contributed by atoms with Gasteiger partial charge in [0.2, 0.25) is 4.96 Å². The van der Waals surface area contributed by atoms with Gasteiger partial charge in [0.05, 0.1) is 5.69 Å². The minimum atomic E-state index is -3.40. The maximum atomic E-state index is 12.6. The Hall–Kier alpha value is -1.66. The number of nitrogens with zero attached hydrogens (tertiary/aromatic N) is 5. The molecule has 1 saturated heterocycles. The molecule has 4 heterocycles. The molecule has 3 aromatic rings. The molecule has 0 aliphatic carbocycles.